The lowest BCUT2D eigenvalue weighted by atomic mass is 10.0. The molecule has 17 heavy (non-hydrogen) atoms. The number of hydrogen-bond donors (Lipinski definition) is 0. The van der Waals surface area contributed by atoms with Crippen molar-refractivity contribution in [3.63, 3.8) is 0 Å². The van der Waals surface area contributed by atoms with Gasteiger partial charge in [0, 0.05) is 19.8 Å². The van der Waals surface area contributed by atoms with Gasteiger partial charge in [-0.25, -0.2) is 0 Å². The molecule has 1 aromatic rings. The molecule has 0 fully saturated rings. The largest absolute Gasteiger partial charge is 0.378 e. The van der Waals surface area contributed by atoms with Gasteiger partial charge in [0.05, 0.1) is 0 Å². The van der Waals surface area contributed by atoms with E-state index in [1.54, 1.807) is 0 Å². The van der Waals surface area contributed by atoms with Crippen LogP contribution in [-0.2, 0) is 0 Å². The van der Waals surface area contributed by atoms with Gasteiger partial charge in [0.2, 0.25) is 0 Å². The molecule has 1 heteroatoms. The molecule has 1 aliphatic carbocycles. The third-order valence-corrected chi connectivity index (χ3v) is 2.95. The van der Waals surface area contributed by atoms with E-state index in [-0.39, 0.29) is 0 Å². The summed E-state index contributed by atoms with van der Waals surface area (Å²) >= 11 is 0. The van der Waals surface area contributed by atoms with Crippen LogP contribution in [0.1, 0.15) is 18.4 Å². The maximum absolute atomic E-state index is 2.22. The van der Waals surface area contributed by atoms with Gasteiger partial charge in [0.15, 0.2) is 0 Å². The van der Waals surface area contributed by atoms with E-state index in [2.05, 4.69) is 73.6 Å². The van der Waals surface area contributed by atoms with Crippen LogP contribution in [0, 0.1) is 0 Å². The fourth-order valence-electron chi connectivity index (χ4n) is 1.85. The van der Waals surface area contributed by atoms with Crippen molar-refractivity contribution >= 4 is 11.8 Å². The highest BCUT2D eigenvalue weighted by Crippen LogP contribution is 2.16. The van der Waals surface area contributed by atoms with E-state index in [1.807, 2.05) is 0 Å². The number of nitrogens with zero attached hydrogens (tertiary/aromatic N) is 1. The molecule has 0 unspecified atom stereocenters. The molecule has 1 aromatic carbocycles. The maximum Gasteiger partial charge on any atom is 0.0361 e. The van der Waals surface area contributed by atoms with Gasteiger partial charge in [0.25, 0.3) is 0 Å². The lowest BCUT2D eigenvalue weighted by Gasteiger charge is -2.11. The quantitative estimate of drug-likeness (QED) is 0.750. The molecular formula is C16H19N. The minimum Gasteiger partial charge on any atom is -0.378 e. The van der Waals surface area contributed by atoms with Crippen LogP contribution in [0.15, 0.2) is 54.1 Å². The molecule has 0 heterocycles. The Kier molecular flexibility index (Phi) is 3.81. The molecule has 1 aliphatic rings. The highest BCUT2D eigenvalue weighted by Gasteiger charge is 1.96. The average molecular weight is 225 g/mol. The molecule has 0 amide bonds. The molecule has 0 N–H and O–H groups in total. The van der Waals surface area contributed by atoms with Crippen LogP contribution in [0.4, 0.5) is 5.69 Å². The summed E-state index contributed by atoms with van der Waals surface area (Å²) in [6, 6.07) is 8.61. The average Bonchev–Trinajstić information content (AvgIpc) is 2.38. The van der Waals surface area contributed by atoms with Crippen LogP contribution in [0.25, 0.3) is 6.08 Å². The summed E-state index contributed by atoms with van der Waals surface area (Å²) < 4.78 is 0. The van der Waals surface area contributed by atoms with Crippen molar-refractivity contribution < 1.29 is 0 Å². The van der Waals surface area contributed by atoms with Gasteiger partial charge in [-0.1, -0.05) is 42.5 Å². The van der Waals surface area contributed by atoms with E-state index in [1.165, 1.54) is 16.8 Å². The third-order valence-electron chi connectivity index (χ3n) is 2.95. The van der Waals surface area contributed by atoms with E-state index in [0.717, 1.165) is 12.8 Å². The summed E-state index contributed by atoms with van der Waals surface area (Å²) in [5, 5.41) is 0. The molecule has 0 spiro atoms. The molecule has 0 bridgehead atoms. The van der Waals surface area contributed by atoms with Crippen molar-refractivity contribution in [1.29, 1.82) is 0 Å². The minimum absolute atomic E-state index is 1.16. The first-order valence-corrected chi connectivity index (χ1v) is 6.07. The van der Waals surface area contributed by atoms with Crippen molar-refractivity contribution in [3.8, 4) is 0 Å². The van der Waals surface area contributed by atoms with E-state index in [9.17, 15) is 0 Å². The van der Waals surface area contributed by atoms with Gasteiger partial charge in [-0.15, -0.1) is 0 Å². The molecule has 0 aliphatic heterocycles. The van der Waals surface area contributed by atoms with Crippen molar-refractivity contribution in [2.45, 2.75) is 12.8 Å². The van der Waals surface area contributed by atoms with E-state index >= 15 is 0 Å². The monoisotopic (exact) mass is 225 g/mol. The summed E-state index contributed by atoms with van der Waals surface area (Å²) in [6.45, 7) is 0. The van der Waals surface area contributed by atoms with Crippen LogP contribution in [-0.4, -0.2) is 14.1 Å². The number of rotatable bonds is 3. The van der Waals surface area contributed by atoms with Gasteiger partial charge in [0.1, 0.15) is 0 Å². The predicted octanol–water partition coefficient (Wildman–Crippen LogP) is 4.04. The Hall–Kier alpha value is -1.76. The Bertz CT molecular complexity index is 447. The van der Waals surface area contributed by atoms with Gasteiger partial charge in [-0.3, -0.25) is 0 Å². The topological polar surface area (TPSA) is 3.24 Å². The van der Waals surface area contributed by atoms with E-state index < -0.39 is 0 Å². The standard InChI is InChI=1S/C16H19N/c1-17(2)16-12-10-15(11-13-16)9-8-14-6-4-3-5-7-14/h3-4,6,8-13H,5,7H2,1-2H3/b9-8+. The molecule has 0 saturated heterocycles. The van der Waals surface area contributed by atoms with Gasteiger partial charge < -0.3 is 4.90 Å². The van der Waals surface area contributed by atoms with Crippen molar-refractivity contribution in [2.24, 2.45) is 0 Å². The zero-order valence-corrected chi connectivity index (χ0v) is 10.6. The summed E-state index contributed by atoms with van der Waals surface area (Å²) in [5.41, 5.74) is 3.90. The Balaban J connectivity index is 2.06. The van der Waals surface area contributed by atoms with Crippen LogP contribution < -0.4 is 4.90 Å². The fourth-order valence-corrected chi connectivity index (χ4v) is 1.85. The Morgan fingerprint density at radius 2 is 1.82 bits per heavy atom. The molecule has 88 valence electrons. The van der Waals surface area contributed by atoms with Crippen LogP contribution >= 0.6 is 0 Å². The predicted molar refractivity (Wildman–Crippen MR) is 76.3 cm³/mol. The molecule has 1 nitrogen and oxygen atoms in total. The molecular weight excluding hydrogens is 206 g/mol. The van der Waals surface area contributed by atoms with Crippen molar-refractivity contribution in [1.82, 2.24) is 0 Å². The highest BCUT2D eigenvalue weighted by molar-refractivity contribution is 5.57. The molecule has 0 atom stereocenters. The summed E-state index contributed by atoms with van der Waals surface area (Å²) in [4.78, 5) is 2.11. The van der Waals surface area contributed by atoms with E-state index in [0.29, 0.717) is 0 Å². The van der Waals surface area contributed by atoms with Crippen molar-refractivity contribution in [2.75, 3.05) is 19.0 Å². The SMILES string of the molecule is CN(C)c1ccc(/C=C/C2=CC=CCC2)cc1. The first-order chi connectivity index (χ1) is 8.25. The zero-order chi connectivity index (χ0) is 12.1. The van der Waals surface area contributed by atoms with Crippen LogP contribution in [0.2, 0.25) is 0 Å². The molecule has 0 radical (unpaired) electrons. The lowest BCUT2D eigenvalue weighted by molar-refractivity contribution is 0.992. The Morgan fingerprint density at radius 1 is 1.06 bits per heavy atom. The Labute approximate surface area is 104 Å². The zero-order valence-electron chi connectivity index (χ0n) is 10.6. The first-order valence-electron chi connectivity index (χ1n) is 6.07. The number of anilines is 1. The Morgan fingerprint density at radius 3 is 2.41 bits per heavy atom. The summed E-state index contributed by atoms with van der Waals surface area (Å²) in [7, 11) is 4.12. The van der Waals surface area contributed by atoms with Gasteiger partial charge in [-0.05, 0) is 36.1 Å². The second kappa shape index (κ2) is 5.53. The maximum atomic E-state index is 2.22. The number of allylic oxidation sites excluding steroid dienone is 5. The van der Waals surface area contributed by atoms with Gasteiger partial charge >= 0.3 is 0 Å². The third kappa shape index (κ3) is 3.35. The number of hydrogen-bond acceptors (Lipinski definition) is 1. The normalized spacial score (nSPS) is 15.1. The molecule has 2 rings (SSSR count). The summed E-state index contributed by atoms with van der Waals surface area (Å²) in [6.07, 6.45) is 13.3. The highest BCUT2D eigenvalue weighted by atomic mass is 15.1. The second-order valence-electron chi connectivity index (χ2n) is 4.53. The summed E-state index contributed by atoms with van der Waals surface area (Å²) in [5.74, 6) is 0. The van der Waals surface area contributed by atoms with Crippen LogP contribution in [0.5, 0.6) is 0 Å². The number of benzene rings is 1. The van der Waals surface area contributed by atoms with E-state index in [4.69, 9.17) is 0 Å². The van der Waals surface area contributed by atoms with Crippen molar-refractivity contribution in [3.05, 3.63) is 59.7 Å². The minimum atomic E-state index is 1.16. The lowest BCUT2D eigenvalue weighted by Crippen LogP contribution is -2.07. The van der Waals surface area contributed by atoms with Gasteiger partial charge in [-0.2, -0.15) is 0 Å². The fraction of sp³-hybridized carbons (Fsp3) is 0.250. The molecule has 0 aromatic heterocycles. The van der Waals surface area contributed by atoms with Crippen LogP contribution in [0.3, 0.4) is 0 Å². The molecule has 0 saturated carbocycles. The smallest absolute Gasteiger partial charge is 0.0361 e. The second-order valence-corrected chi connectivity index (χ2v) is 4.53. The first kappa shape index (κ1) is 11.7.